The van der Waals surface area contributed by atoms with Gasteiger partial charge < -0.3 is 9.57 Å². The molecule has 0 N–H and O–H groups in total. The minimum atomic E-state index is -0.779. The molecule has 0 unspecified atom stereocenters. The number of fused-ring (bicyclic) bond motifs is 1. The van der Waals surface area contributed by atoms with Crippen LogP contribution in [0.15, 0.2) is 48.3 Å². The van der Waals surface area contributed by atoms with Crippen LogP contribution in [-0.4, -0.2) is 29.5 Å². The molecular weight excluding hydrogens is 262 g/mol. The van der Waals surface area contributed by atoms with Gasteiger partial charge in [0, 0.05) is 0 Å². The SMILES string of the molecule is O=C(ON1C(=O)c2ccccc2C1=O)C1=CCOC=C1. The molecule has 0 saturated carbocycles. The van der Waals surface area contributed by atoms with E-state index in [9.17, 15) is 14.4 Å². The number of hydrogen-bond acceptors (Lipinski definition) is 5. The Balaban J connectivity index is 1.82. The van der Waals surface area contributed by atoms with Gasteiger partial charge in [-0.15, -0.1) is 0 Å². The van der Waals surface area contributed by atoms with E-state index < -0.39 is 17.8 Å². The second-order valence-corrected chi connectivity index (χ2v) is 4.12. The van der Waals surface area contributed by atoms with Crippen molar-refractivity contribution in [2.45, 2.75) is 0 Å². The molecule has 2 heterocycles. The molecule has 1 aromatic rings. The molecule has 0 aromatic heterocycles. The molecule has 20 heavy (non-hydrogen) atoms. The van der Waals surface area contributed by atoms with Crippen LogP contribution in [-0.2, 0) is 14.4 Å². The van der Waals surface area contributed by atoms with Gasteiger partial charge in [0.15, 0.2) is 0 Å². The molecule has 2 aliphatic heterocycles. The summed E-state index contributed by atoms with van der Waals surface area (Å²) in [7, 11) is 0. The predicted octanol–water partition coefficient (Wildman–Crippen LogP) is 1.21. The molecule has 0 spiro atoms. The minimum Gasteiger partial charge on any atom is -0.497 e. The normalized spacial score (nSPS) is 16.6. The summed E-state index contributed by atoms with van der Waals surface area (Å²) in [6.07, 6.45) is 4.25. The Bertz CT molecular complexity index is 639. The van der Waals surface area contributed by atoms with E-state index in [4.69, 9.17) is 9.57 Å². The lowest BCUT2D eigenvalue weighted by atomic mass is 10.1. The van der Waals surface area contributed by atoms with Crippen molar-refractivity contribution in [1.29, 1.82) is 0 Å². The molecule has 3 rings (SSSR count). The molecule has 1 aromatic carbocycles. The molecule has 0 radical (unpaired) electrons. The maximum atomic E-state index is 12.0. The van der Waals surface area contributed by atoms with Crippen LogP contribution < -0.4 is 0 Å². The highest BCUT2D eigenvalue weighted by atomic mass is 16.7. The standard InChI is InChI=1S/C14H9NO5/c16-12-10-3-1-2-4-11(10)13(17)15(12)20-14(18)9-5-7-19-8-6-9/h1-7H,8H2. The zero-order valence-electron chi connectivity index (χ0n) is 10.2. The maximum Gasteiger partial charge on any atom is 0.363 e. The first-order valence-electron chi connectivity index (χ1n) is 5.87. The summed E-state index contributed by atoms with van der Waals surface area (Å²) < 4.78 is 4.90. The fraction of sp³-hybridized carbons (Fsp3) is 0.0714. The number of hydrogen-bond donors (Lipinski definition) is 0. The van der Waals surface area contributed by atoms with Gasteiger partial charge in [0.05, 0.1) is 23.0 Å². The van der Waals surface area contributed by atoms with Crippen molar-refractivity contribution in [2.75, 3.05) is 6.61 Å². The zero-order valence-corrected chi connectivity index (χ0v) is 10.2. The van der Waals surface area contributed by atoms with Gasteiger partial charge in [-0.3, -0.25) is 9.59 Å². The summed E-state index contributed by atoms with van der Waals surface area (Å²) in [4.78, 5) is 40.7. The number of amides is 2. The molecule has 0 aliphatic carbocycles. The number of carbonyl (C=O) groups is 3. The molecule has 2 aliphatic rings. The van der Waals surface area contributed by atoms with Gasteiger partial charge in [0.1, 0.15) is 6.61 Å². The predicted molar refractivity (Wildman–Crippen MR) is 66.2 cm³/mol. The summed E-state index contributed by atoms with van der Waals surface area (Å²) in [5.74, 6) is -2.06. The maximum absolute atomic E-state index is 12.0. The topological polar surface area (TPSA) is 72.9 Å². The Morgan fingerprint density at radius 2 is 1.80 bits per heavy atom. The number of ether oxygens (including phenoxy) is 1. The van der Waals surface area contributed by atoms with Crippen LogP contribution in [0.1, 0.15) is 20.7 Å². The first-order valence-corrected chi connectivity index (χ1v) is 5.87. The largest absolute Gasteiger partial charge is 0.497 e. The van der Waals surface area contributed by atoms with E-state index in [1.165, 1.54) is 30.5 Å². The van der Waals surface area contributed by atoms with Gasteiger partial charge in [0.2, 0.25) is 0 Å². The Labute approximate surface area is 113 Å². The minimum absolute atomic E-state index is 0.224. The quantitative estimate of drug-likeness (QED) is 0.756. The Morgan fingerprint density at radius 1 is 1.15 bits per heavy atom. The lowest BCUT2D eigenvalue weighted by Gasteiger charge is -2.14. The monoisotopic (exact) mass is 271 g/mol. The fourth-order valence-electron chi connectivity index (χ4n) is 1.92. The van der Waals surface area contributed by atoms with Gasteiger partial charge in [0.25, 0.3) is 11.8 Å². The Morgan fingerprint density at radius 3 is 2.35 bits per heavy atom. The summed E-state index contributed by atoms with van der Waals surface area (Å²) >= 11 is 0. The molecule has 0 atom stereocenters. The van der Waals surface area contributed by atoms with E-state index >= 15 is 0 Å². The lowest BCUT2D eigenvalue weighted by Crippen LogP contribution is -2.33. The van der Waals surface area contributed by atoms with Crippen LogP contribution in [0.3, 0.4) is 0 Å². The molecule has 0 fully saturated rings. The van der Waals surface area contributed by atoms with Gasteiger partial charge in [-0.05, 0) is 24.3 Å². The zero-order chi connectivity index (χ0) is 14.1. The number of imide groups is 1. The number of nitrogens with zero attached hydrogens (tertiary/aromatic N) is 1. The van der Waals surface area contributed by atoms with Crippen LogP contribution in [0.25, 0.3) is 0 Å². The van der Waals surface area contributed by atoms with Gasteiger partial charge in [-0.2, -0.15) is 0 Å². The van der Waals surface area contributed by atoms with Crippen molar-refractivity contribution in [1.82, 2.24) is 5.06 Å². The fourth-order valence-corrected chi connectivity index (χ4v) is 1.92. The second-order valence-electron chi connectivity index (χ2n) is 4.12. The number of rotatable bonds is 2. The number of hydroxylamine groups is 2. The highest BCUT2D eigenvalue weighted by molar-refractivity contribution is 6.21. The average Bonchev–Trinajstić information content (AvgIpc) is 2.74. The van der Waals surface area contributed by atoms with Crippen molar-refractivity contribution in [3.05, 3.63) is 59.4 Å². The first kappa shape index (κ1) is 12.2. The number of carbonyl (C=O) groups excluding carboxylic acids is 3. The van der Waals surface area contributed by atoms with Crippen LogP contribution in [0.4, 0.5) is 0 Å². The highest BCUT2D eigenvalue weighted by Crippen LogP contribution is 2.23. The van der Waals surface area contributed by atoms with Crippen molar-refractivity contribution in [2.24, 2.45) is 0 Å². The third-order valence-electron chi connectivity index (χ3n) is 2.91. The van der Waals surface area contributed by atoms with E-state index in [2.05, 4.69) is 0 Å². The molecular formula is C14H9NO5. The van der Waals surface area contributed by atoms with Gasteiger partial charge in [-0.25, -0.2) is 4.79 Å². The van der Waals surface area contributed by atoms with E-state index in [-0.39, 0.29) is 23.3 Å². The van der Waals surface area contributed by atoms with Crippen LogP contribution in [0, 0.1) is 0 Å². The van der Waals surface area contributed by atoms with Crippen LogP contribution in [0.2, 0.25) is 0 Å². The molecule has 6 nitrogen and oxygen atoms in total. The van der Waals surface area contributed by atoms with E-state index in [0.29, 0.717) is 5.06 Å². The molecule has 0 bridgehead atoms. The number of benzene rings is 1. The molecule has 2 amide bonds. The summed E-state index contributed by atoms with van der Waals surface area (Å²) in [6.45, 7) is 0.239. The Hall–Kier alpha value is -2.89. The van der Waals surface area contributed by atoms with E-state index in [0.717, 1.165) is 0 Å². The summed E-state index contributed by atoms with van der Waals surface area (Å²) in [6, 6.07) is 6.30. The molecule has 100 valence electrons. The highest BCUT2D eigenvalue weighted by Gasteiger charge is 2.38. The Kier molecular flexibility index (Phi) is 2.83. The van der Waals surface area contributed by atoms with Crippen molar-refractivity contribution < 1.29 is 24.0 Å². The van der Waals surface area contributed by atoms with Crippen LogP contribution >= 0.6 is 0 Å². The van der Waals surface area contributed by atoms with Crippen LogP contribution in [0.5, 0.6) is 0 Å². The van der Waals surface area contributed by atoms with E-state index in [1.807, 2.05) is 0 Å². The molecule has 6 heteroatoms. The van der Waals surface area contributed by atoms with Gasteiger partial charge in [-0.1, -0.05) is 17.2 Å². The van der Waals surface area contributed by atoms with Crippen molar-refractivity contribution in [3.8, 4) is 0 Å². The third kappa shape index (κ3) is 1.87. The van der Waals surface area contributed by atoms with E-state index in [1.54, 1.807) is 12.1 Å². The lowest BCUT2D eigenvalue weighted by molar-refractivity contribution is -0.163. The summed E-state index contributed by atoms with van der Waals surface area (Å²) in [5.41, 5.74) is 0.677. The third-order valence-corrected chi connectivity index (χ3v) is 2.91. The second kappa shape index (κ2) is 4.65. The molecule has 0 saturated heterocycles. The van der Waals surface area contributed by atoms with Crippen molar-refractivity contribution in [3.63, 3.8) is 0 Å². The smallest absolute Gasteiger partial charge is 0.363 e. The first-order chi connectivity index (χ1) is 9.68. The average molecular weight is 271 g/mol. The summed E-state index contributed by atoms with van der Waals surface area (Å²) in [5, 5.41) is 0.483. The van der Waals surface area contributed by atoms with Crippen molar-refractivity contribution >= 4 is 17.8 Å². The van der Waals surface area contributed by atoms with Gasteiger partial charge >= 0.3 is 5.97 Å².